The summed E-state index contributed by atoms with van der Waals surface area (Å²) in [6.45, 7) is 0. The Morgan fingerprint density at radius 1 is 0.325 bits per heavy atom. The summed E-state index contributed by atoms with van der Waals surface area (Å²) in [5, 5.41) is 15.5. The van der Waals surface area contributed by atoms with Crippen LogP contribution in [0.2, 0.25) is 0 Å². The van der Waals surface area contributed by atoms with Gasteiger partial charge in [0, 0.05) is 60.5 Å². The molecule has 10 aromatic carbocycles. The Labute approximate surface area is 455 Å². The molecule has 0 fully saturated rings. The van der Waals surface area contributed by atoms with Gasteiger partial charge < -0.3 is 9.13 Å². The van der Waals surface area contributed by atoms with Crippen molar-refractivity contribution in [2.24, 2.45) is 0 Å². The molecule has 4 aromatic heterocycles. The van der Waals surface area contributed by atoms with Crippen LogP contribution in [0.1, 0.15) is 11.1 Å². The molecule has 0 N–H and O–H groups in total. The van der Waals surface area contributed by atoms with Crippen molar-refractivity contribution in [3.8, 4) is 96.9 Å². The Hall–Kier alpha value is -10.9. The Morgan fingerprint density at radius 2 is 0.700 bits per heavy atom. The van der Waals surface area contributed by atoms with Crippen LogP contribution >= 0.6 is 0 Å². The molecule has 0 unspecified atom stereocenters. The number of nitriles is 1. The maximum absolute atomic E-state index is 14.7. The monoisotopic (exact) mass is 1040 g/mol. The number of nitrogens with zero attached hydrogens (tertiary/aromatic N) is 9. The molecule has 0 bridgehead atoms. The van der Waals surface area contributed by atoms with Gasteiger partial charge >= 0.3 is 6.18 Å². The highest BCUT2D eigenvalue weighted by molar-refractivity contribution is 6.12. The summed E-state index contributed by atoms with van der Waals surface area (Å²) >= 11 is 0. The Bertz CT molecular complexity index is 4650. The summed E-state index contributed by atoms with van der Waals surface area (Å²) in [5.41, 5.74) is 8.60. The lowest BCUT2D eigenvalue weighted by Gasteiger charge is -2.20. The quantitative estimate of drug-likeness (QED) is 0.142. The second kappa shape index (κ2) is 19.3. The summed E-state index contributed by atoms with van der Waals surface area (Å²) in [4.78, 5) is 30.1. The molecule has 378 valence electrons. The van der Waals surface area contributed by atoms with Gasteiger partial charge in [-0.2, -0.15) is 18.4 Å². The molecule has 0 saturated heterocycles. The van der Waals surface area contributed by atoms with Crippen LogP contribution in [-0.2, 0) is 6.18 Å². The third kappa shape index (κ3) is 8.29. The van der Waals surface area contributed by atoms with E-state index in [0.29, 0.717) is 68.5 Å². The molecule has 4 heterocycles. The first-order valence-electron chi connectivity index (χ1n) is 25.8. The Kier molecular flexibility index (Phi) is 11.5. The fourth-order valence-electron chi connectivity index (χ4n) is 10.8. The van der Waals surface area contributed by atoms with Crippen LogP contribution in [0.3, 0.4) is 0 Å². The Morgan fingerprint density at radius 3 is 1.14 bits per heavy atom. The van der Waals surface area contributed by atoms with Gasteiger partial charge in [-0.3, -0.25) is 0 Å². The van der Waals surface area contributed by atoms with E-state index >= 15 is 0 Å². The maximum atomic E-state index is 14.7. The number of fused-ring (bicyclic) bond motifs is 6. The van der Waals surface area contributed by atoms with Crippen molar-refractivity contribution in [1.82, 2.24) is 39.0 Å². The van der Waals surface area contributed by atoms with E-state index in [1.807, 2.05) is 223 Å². The second-order valence-corrected chi connectivity index (χ2v) is 19.3. The molecule has 0 aliphatic heterocycles. The van der Waals surface area contributed by atoms with Crippen molar-refractivity contribution >= 4 is 43.6 Å². The van der Waals surface area contributed by atoms with Crippen LogP contribution in [0.5, 0.6) is 0 Å². The molecule has 0 radical (unpaired) electrons. The molecule has 0 spiro atoms. The lowest BCUT2D eigenvalue weighted by Crippen LogP contribution is -2.08. The molecule has 12 heteroatoms. The summed E-state index contributed by atoms with van der Waals surface area (Å²) in [6.07, 6.45) is -4.64. The molecule has 0 saturated carbocycles. The van der Waals surface area contributed by atoms with Gasteiger partial charge in [0.15, 0.2) is 34.9 Å². The number of halogens is 3. The largest absolute Gasteiger partial charge is 0.416 e. The fourth-order valence-corrected chi connectivity index (χ4v) is 10.8. The fraction of sp³-hybridized carbons (Fsp3) is 0.0147. The molecule has 0 atom stereocenters. The van der Waals surface area contributed by atoms with Gasteiger partial charge in [-0.25, -0.2) is 29.9 Å². The van der Waals surface area contributed by atoms with Crippen molar-refractivity contribution in [2.45, 2.75) is 6.18 Å². The number of hydrogen-bond acceptors (Lipinski definition) is 7. The van der Waals surface area contributed by atoms with Gasteiger partial charge in [0.25, 0.3) is 0 Å². The molecule has 0 aliphatic carbocycles. The molecule has 80 heavy (non-hydrogen) atoms. The average molecular weight is 1040 g/mol. The van der Waals surface area contributed by atoms with Gasteiger partial charge in [0.2, 0.25) is 0 Å². The number of alkyl halides is 3. The van der Waals surface area contributed by atoms with E-state index < -0.39 is 11.7 Å². The number of para-hydroxylation sites is 2. The van der Waals surface area contributed by atoms with Crippen molar-refractivity contribution in [3.63, 3.8) is 0 Å². The van der Waals surface area contributed by atoms with E-state index in [-0.39, 0.29) is 11.1 Å². The minimum atomic E-state index is -4.64. The molecule has 0 amide bonds. The third-order valence-corrected chi connectivity index (χ3v) is 14.5. The minimum absolute atomic E-state index is 0.219. The first-order chi connectivity index (χ1) is 39.3. The van der Waals surface area contributed by atoms with E-state index in [9.17, 15) is 18.4 Å². The summed E-state index contributed by atoms with van der Waals surface area (Å²) in [7, 11) is 0. The average Bonchev–Trinajstić information content (AvgIpc) is 4.09. The molecular weight excluding hydrogens is 1000 g/mol. The lowest BCUT2D eigenvalue weighted by molar-refractivity contribution is -0.137. The van der Waals surface area contributed by atoms with Crippen molar-refractivity contribution in [3.05, 3.63) is 254 Å². The molecule has 14 rings (SSSR count). The van der Waals surface area contributed by atoms with Crippen LogP contribution < -0.4 is 0 Å². The molecule has 14 aromatic rings. The van der Waals surface area contributed by atoms with Gasteiger partial charge in [0.1, 0.15) is 11.6 Å². The predicted octanol–water partition coefficient (Wildman–Crippen LogP) is 16.8. The van der Waals surface area contributed by atoms with Gasteiger partial charge in [-0.05, 0) is 48.0 Å². The van der Waals surface area contributed by atoms with Crippen molar-refractivity contribution < 1.29 is 13.2 Å². The standard InChI is InChI=1S/C68H40F3N9/c69-68(70,71)49-27-17-26-46(38-49)50-36-37-58(79-56-30-15-13-28-51(56)53-34-32-47(39-59(53)79)66-75-62(42-18-5-1-6-19-42)73-63(76-66)43-20-7-2-8-21-43)55(41-72)61(50)80-57-31-16-14-29-52(57)54-35-33-48(40-60(54)80)67-77-64(44-22-9-3-10-23-44)74-65(78-67)45-24-11-4-12-25-45/h1-40H. The smallest absolute Gasteiger partial charge is 0.308 e. The summed E-state index contributed by atoms with van der Waals surface area (Å²) in [6, 6.07) is 78.4. The number of hydrogen-bond donors (Lipinski definition) is 0. The lowest BCUT2D eigenvalue weighted by atomic mass is 9.96. The first-order valence-corrected chi connectivity index (χ1v) is 25.8. The highest BCUT2D eigenvalue weighted by Gasteiger charge is 2.32. The SMILES string of the molecule is N#Cc1c(-n2c3ccccc3c3ccc(-c4nc(-c5ccccc5)nc(-c5ccccc5)n4)cc32)ccc(-c2cccc(C(F)(F)F)c2)c1-n1c2ccccc2c2ccc(-c3nc(-c4ccccc4)nc(-c4ccccc4)n3)cc21. The van der Waals surface area contributed by atoms with Crippen LogP contribution in [-0.4, -0.2) is 39.0 Å². The van der Waals surface area contributed by atoms with Crippen LogP contribution in [0.4, 0.5) is 13.2 Å². The predicted molar refractivity (Wildman–Crippen MR) is 310 cm³/mol. The van der Waals surface area contributed by atoms with E-state index in [0.717, 1.165) is 72.5 Å². The van der Waals surface area contributed by atoms with Gasteiger partial charge in [-0.15, -0.1) is 0 Å². The van der Waals surface area contributed by atoms with Crippen LogP contribution in [0.25, 0.3) is 134 Å². The summed E-state index contributed by atoms with van der Waals surface area (Å²) < 4.78 is 48.2. The highest BCUT2D eigenvalue weighted by atomic mass is 19.4. The zero-order chi connectivity index (χ0) is 53.9. The normalized spacial score (nSPS) is 11.7. The van der Waals surface area contributed by atoms with E-state index in [2.05, 4.69) is 10.6 Å². The second-order valence-electron chi connectivity index (χ2n) is 19.3. The first kappa shape index (κ1) is 47.5. The van der Waals surface area contributed by atoms with E-state index in [1.165, 1.54) is 6.07 Å². The molecule has 9 nitrogen and oxygen atoms in total. The highest BCUT2D eigenvalue weighted by Crippen LogP contribution is 2.44. The van der Waals surface area contributed by atoms with E-state index in [1.54, 1.807) is 6.07 Å². The Balaban J connectivity index is 1.04. The third-order valence-electron chi connectivity index (χ3n) is 14.5. The number of aromatic nitrogens is 8. The van der Waals surface area contributed by atoms with Crippen molar-refractivity contribution in [2.75, 3.05) is 0 Å². The number of rotatable bonds is 9. The van der Waals surface area contributed by atoms with Gasteiger partial charge in [0.05, 0.1) is 39.0 Å². The number of benzene rings is 10. The minimum Gasteiger partial charge on any atom is -0.308 e. The zero-order valence-corrected chi connectivity index (χ0v) is 42.3. The van der Waals surface area contributed by atoms with Crippen LogP contribution in [0.15, 0.2) is 243 Å². The van der Waals surface area contributed by atoms with Crippen LogP contribution in [0, 0.1) is 11.3 Å². The maximum Gasteiger partial charge on any atom is 0.416 e. The van der Waals surface area contributed by atoms with Crippen molar-refractivity contribution in [1.29, 1.82) is 5.26 Å². The van der Waals surface area contributed by atoms with Gasteiger partial charge in [-0.1, -0.05) is 200 Å². The molecular formula is C68H40F3N9. The topological polar surface area (TPSA) is 111 Å². The zero-order valence-electron chi connectivity index (χ0n) is 42.3. The van der Waals surface area contributed by atoms with E-state index in [4.69, 9.17) is 29.9 Å². The summed E-state index contributed by atoms with van der Waals surface area (Å²) in [5.74, 6) is 2.85. The molecule has 0 aliphatic rings.